The summed E-state index contributed by atoms with van der Waals surface area (Å²) in [6, 6.07) is 8.56. The molecule has 0 aliphatic carbocycles. The highest BCUT2D eigenvalue weighted by Gasteiger charge is 2.40. The summed E-state index contributed by atoms with van der Waals surface area (Å²) >= 11 is 0. The van der Waals surface area contributed by atoms with Gasteiger partial charge in [-0.2, -0.15) is 5.10 Å². The maximum atomic E-state index is 14.4. The topological polar surface area (TPSA) is 71.8 Å². The van der Waals surface area contributed by atoms with Crippen LogP contribution in [0.25, 0.3) is 5.57 Å². The van der Waals surface area contributed by atoms with E-state index in [0.717, 1.165) is 23.4 Å². The Labute approximate surface area is 178 Å². The van der Waals surface area contributed by atoms with Crippen molar-refractivity contribution in [1.82, 2.24) is 20.1 Å². The van der Waals surface area contributed by atoms with Crippen molar-refractivity contribution in [2.24, 2.45) is 0 Å². The fourth-order valence-electron chi connectivity index (χ4n) is 4.51. The zero-order valence-corrected chi connectivity index (χ0v) is 16.9. The van der Waals surface area contributed by atoms with Crippen molar-refractivity contribution >= 4 is 17.2 Å². The third-order valence-corrected chi connectivity index (χ3v) is 5.79. The highest BCUT2D eigenvalue weighted by molar-refractivity contribution is 6.04. The molecule has 3 heterocycles. The van der Waals surface area contributed by atoms with Crippen LogP contribution in [0.5, 0.6) is 0 Å². The van der Waals surface area contributed by atoms with Crippen LogP contribution in [-0.4, -0.2) is 27.2 Å². The number of hydrogen-bond donors (Lipinski definition) is 2. The van der Waals surface area contributed by atoms with Crippen molar-refractivity contribution in [3.63, 3.8) is 0 Å². The quantitative estimate of drug-likeness (QED) is 0.667. The number of nitrogens with one attached hydrogen (secondary N) is 2. The summed E-state index contributed by atoms with van der Waals surface area (Å²) < 4.78 is 29.9. The van der Waals surface area contributed by atoms with E-state index in [9.17, 15) is 13.6 Å². The molecule has 2 aromatic carbocycles. The summed E-state index contributed by atoms with van der Waals surface area (Å²) in [4.78, 5) is 17.2. The number of halogens is 2. The van der Waals surface area contributed by atoms with Gasteiger partial charge in [0.15, 0.2) is 0 Å². The van der Waals surface area contributed by atoms with Gasteiger partial charge in [-0.15, -0.1) is 0 Å². The van der Waals surface area contributed by atoms with Crippen molar-refractivity contribution < 1.29 is 13.6 Å². The number of aromatic nitrogens is 3. The molecule has 1 aromatic heterocycles. The SMILES string of the molecule is CCCn1ncnc1C1C2=CCNC(=O)c3cc(F)cc(c32)NC1c1ccc(F)cc1. The molecule has 158 valence electrons. The second-order valence-corrected chi connectivity index (χ2v) is 7.74. The van der Waals surface area contributed by atoms with Gasteiger partial charge in [0.2, 0.25) is 0 Å². The number of amides is 1. The third-order valence-electron chi connectivity index (χ3n) is 5.79. The number of anilines is 1. The van der Waals surface area contributed by atoms with Gasteiger partial charge in [-0.05, 0) is 41.8 Å². The van der Waals surface area contributed by atoms with E-state index in [1.807, 2.05) is 10.8 Å². The first kappa shape index (κ1) is 19.4. The Morgan fingerprint density at radius 3 is 2.74 bits per heavy atom. The molecule has 1 amide bonds. The Bertz CT molecular complexity index is 1190. The number of aryl methyl sites for hydroxylation is 1. The Balaban J connectivity index is 1.76. The Morgan fingerprint density at radius 1 is 1.16 bits per heavy atom. The van der Waals surface area contributed by atoms with Crippen molar-refractivity contribution in [3.05, 3.63) is 83.0 Å². The molecule has 3 aromatic rings. The molecule has 2 atom stereocenters. The second-order valence-electron chi connectivity index (χ2n) is 7.74. The molecule has 6 nitrogen and oxygen atoms in total. The number of carbonyl (C=O) groups is 1. The number of benzene rings is 2. The summed E-state index contributed by atoms with van der Waals surface area (Å²) in [5.41, 5.74) is 3.20. The lowest BCUT2D eigenvalue weighted by molar-refractivity contribution is 0.0958. The Kier molecular flexibility index (Phi) is 4.77. The molecular weight excluding hydrogens is 400 g/mol. The minimum atomic E-state index is -0.497. The van der Waals surface area contributed by atoms with Crippen LogP contribution in [0.2, 0.25) is 0 Å². The molecular formula is C23H21F2N5O. The average molecular weight is 421 g/mol. The highest BCUT2D eigenvalue weighted by atomic mass is 19.1. The highest BCUT2D eigenvalue weighted by Crippen LogP contribution is 2.50. The first-order valence-corrected chi connectivity index (χ1v) is 10.3. The van der Waals surface area contributed by atoms with Crippen molar-refractivity contribution in [2.45, 2.75) is 31.8 Å². The fraction of sp³-hybridized carbons (Fsp3) is 0.261. The van der Waals surface area contributed by atoms with E-state index < -0.39 is 5.82 Å². The maximum absolute atomic E-state index is 14.4. The molecule has 0 radical (unpaired) electrons. The molecule has 0 bridgehead atoms. The van der Waals surface area contributed by atoms with Gasteiger partial charge < -0.3 is 10.6 Å². The predicted octanol–water partition coefficient (Wildman–Crippen LogP) is 4.04. The van der Waals surface area contributed by atoms with Crippen molar-refractivity contribution in [2.75, 3.05) is 11.9 Å². The van der Waals surface area contributed by atoms with E-state index in [-0.39, 0.29) is 29.2 Å². The number of carbonyl (C=O) groups excluding carboxylic acids is 1. The van der Waals surface area contributed by atoms with Crippen LogP contribution in [-0.2, 0) is 6.54 Å². The molecule has 2 unspecified atom stereocenters. The molecule has 31 heavy (non-hydrogen) atoms. The summed E-state index contributed by atoms with van der Waals surface area (Å²) in [6.07, 6.45) is 4.36. The van der Waals surface area contributed by atoms with Gasteiger partial charge >= 0.3 is 0 Å². The number of nitrogens with zero attached hydrogens (tertiary/aromatic N) is 3. The van der Waals surface area contributed by atoms with Crippen LogP contribution in [0.4, 0.5) is 14.5 Å². The van der Waals surface area contributed by atoms with Gasteiger partial charge in [0.25, 0.3) is 5.91 Å². The van der Waals surface area contributed by atoms with Crippen molar-refractivity contribution in [1.29, 1.82) is 0 Å². The summed E-state index contributed by atoms with van der Waals surface area (Å²) in [7, 11) is 0. The second kappa shape index (κ2) is 7.61. The predicted molar refractivity (Wildman–Crippen MR) is 113 cm³/mol. The lowest BCUT2D eigenvalue weighted by Crippen LogP contribution is -2.29. The van der Waals surface area contributed by atoms with E-state index in [0.29, 0.717) is 24.3 Å². The molecule has 0 spiro atoms. The summed E-state index contributed by atoms with van der Waals surface area (Å²) in [5, 5.41) is 10.6. The number of hydrogen-bond acceptors (Lipinski definition) is 4. The molecule has 0 saturated carbocycles. The van der Waals surface area contributed by atoms with Gasteiger partial charge in [-0.3, -0.25) is 4.79 Å². The first-order valence-electron chi connectivity index (χ1n) is 10.3. The molecule has 2 aliphatic rings. The lowest BCUT2D eigenvalue weighted by Gasteiger charge is -2.37. The standard InChI is InChI=1S/C23H21F2N5O/c1-2-9-30-22(27-12-28-30)20-16-7-8-26-23(31)17-10-15(25)11-18(19(16)17)29-21(20)13-3-5-14(24)6-4-13/h3-7,10-12,20-21,29H,2,8-9H2,1H3,(H,26,31). The maximum Gasteiger partial charge on any atom is 0.252 e. The van der Waals surface area contributed by atoms with Gasteiger partial charge in [-0.1, -0.05) is 25.1 Å². The average Bonchev–Trinajstić information content (AvgIpc) is 3.14. The largest absolute Gasteiger partial charge is 0.377 e. The first-order chi connectivity index (χ1) is 15.1. The van der Waals surface area contributed by atoms with Gasteiger partial charge in [-0.25, -0.2) is 18.4 Å². The van der Waals surface area contributed by atoms with Crippen LogP contribution in [0.3, 0.4) is 0 Å². The minimum absolute atomic E-state index is 0.287. The normalized spacial score (nSPS) is 19.7. The van der Waals surface area contributed by atoms with E-state index in [1.165, 1.54) is 30.6 Å². The molecule has 8 heteroatoms. The van der Waals surface area contributed by atoms with Crippen LogP contribution < -0.4 is 10.6 Å². The zero-order valence-electron chi connectivity index (χ0n) is 16.9. The zero-order chi connectivity index (χ0) is 21.5. The molecule has 2 N–H and O–H groups in total. The van der Waals surface area contributed by atoms with Crippen molar-refractivity contribution in [3.8, 4) is 0 Å². The number of rotatable bonds is 4. The van der Waals surface area contributed by atoms with Gasteiger partial charge in [0, 0.05) is 24.3 Å². The third kappa shape index (κ3) is 3.28. The monoisotopic (exact) mass is 421 g/mol. The minimum Gasteiger partial charge on any atom is -0.377 e. The summed E-state index contributed by atoms with van der Waals surface area (Å²) in [6.45, 7) is 3.07. The van der Waals surface area contributed by atoms with Crippen LogP contribution in [0.1, 0.15) is 52.6 Å². The molecule has 0 saturated heterocycles. The lowest BCUT2D eigenvalue weighted by atomic mass is 9.77. The van der Waals surface area contributed by atoms with Gasteiger partial charge in [0.05, 0.1) is 17.5 Å². The molecule has 0 fully saturated rings. The molecule has 5 rings (SSSR count). The smallest absolute Gasteiger partial charge is 0.252 e. The van der Waals surface area contributed by atoms with E-state index >= 15 is 0 Å². The van der Waals surface area contributed by atoms with Crippen LogP contribution in [0.15, 0.2) is 48.8 Å². The van der Waals surface area contributed by atoms with Gasteiger partial charge in [0.1, 0.15) is 23.8 Å². The van der Waals surface area contributed by atoms with Crippen LogP contribution in [0, 0.1) is 11.6 Å². The van der Waals surface area contributed by atoms with E-state index in [1.54, 1.807) is 12.1 Å². The Morgan fingerprint density at radius 2 is 1.97 bits per heavy atom. The Hall–Kier alpha value is -3.55. The van der Waals surface area contributed by atoms with E-state index in [4.69, 9.17) is 0 Å². The van der Waals surface area contributed by atoms with Crippen LogP contribution >= 0.6 is 0 Å². The summed E-state index contributed by atoms with van der Waals surface area (Å²) in [5.74, 6) is -0.711. The fourth-order valence-corrected chi connectivity index (χ4v) is 4.51. The molecule has 2 aliphatic heterocycles. The van der Waals surface area contributed by atoms with E-state index in [2.05, 4.69) is 27.6 Å².